The first-order valence-electron chi connectivity index (χ1n) is 9.06. The van der Waals surface area contributed by atoms with Gasteiger partial charge in [0.2, 0.25) is 5.91 Å². The lowest BCUT2D eigenvalue weighted by atomic mass is 10.2. The molecule has 1 N–H and O–H groups in total. The van der Waals surface area contributed by atoms with Crippen molar-refractivity contribution in [3.05, 3.63) is 54.1 Å². The Morgan fingerprint density at radius 2 is 1.96 bits per heavy atom. The van der Waals surface area contributed by atoms with E-state index in [4.69, 9.17) is 0 Å². The molecule has 0 spiro atoms. The van der Waals surface area contributed by atoms with Crippen molar-refractivity contribution >= 4 is 35.0 Å². The third-order valence-corrected chi connectivity index (χ3v) is 5.71. The van der Waals surface area contributed by atoms with Crippen LogP contribution in [0.2, 0.25) is 0 Å². The number of nitrogens with zero attached hydrogens (tertiary/aromatic N) is 2. The summed E-state index contributed by atoms with van der Waals surface area (Å²) in [6.45, 7) is 3.35. The molecule has 5 nitrogen and oxygen atoms in total. The Kier molecular flexibility index (Phi) is 6.06. The summed E-state index contributed by atoms with van der Waals surface area (Å²) in [6, 6.07) is 15.3. The van der Waals surface area contributed by atoms with Gasteiger partial charge in [0, 0.05) is 42.0 Å². The van der Waals surface area contributed by atoms with Gasteiger partial charge in [-0.25, -0.2) is 0 Å². The van der Waals surface area contributed by atoms with Crippen LogP contribution in [0.15, 0.2) is 53.4 Å². The predicted molar refractivity (Wildman–Crippen MR) is 112 cm³/mol. The van der Waals surface area contributed by atoms with Crippen LogP contribution >= 0.6 is 11.8 Å². The smallest absolute Gasteiger partial charge is 0.253 e. The molecule has 1 aliphatic heterocycles. The van der Waals surface area contributed by atoms with E-state index in [1.807, 2.05) is 23.9 Å². The van der Waals surface area contributed by atoms with Gasteiger partial charge in [0.15, 0.2) is 0 Å². The molecule has 1 unspecified atom stereocenters. The minimum atomic E-state index is -0.0847. The van der Waals surface area contributed by atoms with Crippen molar-refractivity contribution in [1.82, 2.24) is 4.90 Å². The fourth-order valence-electron chi connectivity index (χ4n) is 3.08. The molecule has 0 radical (unpaired) electrons. The molecular formula is C21H25N3O2S. The summed E-state index contributed by atoms with van der Waals surface area (Å²) >= 11 is 1.86. The van der Waals surface area contributed by atoms with E-state index in [1.54, 1.807) is 38.4 Å². The Labute approximate surface area is 164 Å². The fraction of sp³-hybridized carbons (Fsp3) is 0.333. The fourth-order valence-corrected chi connectivity index (χ4v) is 4.21. The highest BCUT2D eigenvalue weighted by Gasteiger charge is 2.21. The number of nitrogens with one attached hydrogen (secondary N) is 1. The molecule has 2 aromatic carbocycles. The molecule has 1 heterocycles. The molecule has 3 rings (SSSR count). The Balaban J connectivity index is 1.71. The molecule has 0 bridgehead atoms. The summed E-state index contributed by atoms with van der Waals surface area (Å²) in [5.74, 6) is -0.169. The lowest BCUT2D eigenvalue weighted by molar-refractivity contribution is -0.115. The molecular weight excluding hydrogens is 358 g/mol. The number of fused-ring (bicyclic) bond motifs is 1. The number of thioether (sulfide) groups is 1. The Morgan fingerprint density at radius 3 is 2.74 bits per heavy atom. The highest BCUT2D eigenvalue weighted by molar-refractivity contribution is 8.00. The number of para-hydroxylation sites is 1. The highest BCUT2D eigenvalue weighted by Crippen LogP contribution is 2.37. The molecule has 2 aromatic rings. The molecule has 142 valence electrons. The van der Waals surface area contributed by atoms with E-state index in [9.17, 15) is 9.59 Å². The average molecular weight is 384 g/mol. The normalized spacial score (nSPS) is 16.3. The number of amides is 2. The number of hydrogen-bond donors (Lipinski definition) is 1. The summed E-state index contributed by atoms with van der Waals surface area (Å²) in [7, 11) is 3.42. The molecule has 6 heteroatoms. The van der Waals surface area contributed by atoms with Gasteiger partial charge in [0.25, 0.3) is 5.91 Å². The van der Waals surface area contributed by atoms with Crippen molar-refractivity contribution in [1.29, 1.82) is 0 Å². The monoisotopic (exact) mass is 383 g/mol. The number of rotatable bonds is 4. The van der Waals surface area contributed by atoms with E-state index in [0.29, 0.717) is 16.5 Å². The zero-order valence-corrected chi connectivity index (χ0v) is 16.8. The first-order chi connectivity index (χ1) is 12.9. The second-order valence-corrected chi connectivity index (χ2v) is 8.42. The molecule has 0 fully saturated rings. The van der Waals surface area contributed by atoms with E-state index < -0.39 is 0 Å². The van der Waals surface area contributed by atoms with Crippen LogP contribution in [0.4, 0.5) is 11.4 Å². The maximum atomic E-state index is 12.6. The lowest BCUT2D eigenvalue weighted by Crippen LogP contribution is -2.34. The third kappa shape index (κ3) is 4.83. The Bertz CT molecular complexity index is 838. The minimum Gasteiger partial charge on any atom is -0.361 e. The second kappa shape index (κ2) is 8.48. The van der Waals surface area contributed by atoms with Crippen LogP contribution in [0.5, 0.6) is 0 Å². The second-order valence-electron chi connectivity index (χ2n) is 6.93. The third-order valence-electron chi connectivity index (χ3n) is 4.47. The first kappa shape index (κ1) is 19.3. The van der Waals surface area contributed by atoms with Gasteiger partial charge in [-0.2, -0.15) is 0 Å². The Morgan fingerprint density at radius 1 is 1.19 bits per heavy atom. The molecule has 0 saturated heterocycles. The van der Waals surface area contributed by atoms with E-state index in [1.165, 1.54) is 9.80 Å². The topological polar surface area (TPSA) is 52.7 Å². The van der Waals surface area contributed by atoms with E-state index in [2.05, 4.69) is 29.3 Å². The summed E-state index contributed by atoms with van der Waals surface area (Å²) in [4.78, 5) is 29.6. The van der Waals surface area contributed by atoms with Crippen molar-refractivity contribution in [2.24, 2.45) is 0 Å². The number of benzene rings is 2. The van der Waals surface area contributed by atoms with Crippen molar-refractivity contribution < 1.29 is 9.59 Å². The van der Waals surface area contributed by atoms with Crippen molar-refractivity contribution in [2.45, 2.75) is 23.5 Å². The van der Waals surface area contributed by atoms with Crippen LogP contribution < -0.4 is 10.2 Å². The van der Waals surface area contributed by atoms with E-state index >= 15 is 0 Å². The number of carbonyl (C=O) groups excluding carboxylic acids is 2. The number of hydrogen-bond acceptors (Lipinski definition) is 4. The highest BCUT2D eigenvalue weighted by atomic mass is 32.2. The summed E-state index contributed by atoms with van der Waals surface area (Å²) in [5.41, 5.74) is 2.31. The lowest BCUT2D eigenvalue weighted by Gasteiger charge is -2.24. The van der Waals surface area contributed by atoms with Crippen LogP contribution in [0.25, 0.3) is 0 Å². The van der Waals surface area contributed by atoms with Gasteiger partial charge < -0.3 is 15.1 Å². The van der Waals surface area contributed by atoms with Crippen LogP contribution in [-0.4, -0.2) is 49.1 Å². The standard InChI is InChI=1S/C21H25N3O2S/c1-15-11-12-24(18-9-4-5-10-19(18)27-15)14-20(25)22-17-8-6-7-16(13-17)21(26)23(2)3/h4-10,13,15H,11-12,14H2,1-3H3,(H,22,25). The molecule has 1 atom stereocenters. The van der Waals surface area contributed by atoms with Crippen molar-refractivity contribution in [3.8, 4) is 0 Å². The number of anilines is 2. The molecule has 27 heavy (non-hydrogen) atoms. The van der Waals surface area contributed by atoms with Gasteiger partial charge in [0.1, 0.15) is 0 Å². The first-order valence-corrected chi connectivity index (χ1v) is 9.94. The molecule has 0 aliphatic carbocycles. The van der Waals surface area contributed by atoms with E-state index in [0.717, 1.165) is 18.7 Å². The van der Waals surface area contributed by atoms with Crippen LogP contribution in [-0.2, 0) is 4.79 Å². The summed E-state index contributed by atoms with van der Waals surface area (Å²) < 4.78 is 0. The van der Waals surface area contributed by atoms with Crippen LogP contribution in [0, 0.1) is 0 Å². The maximum Gasteiger partial charge on any atom is 0.253 e. The summed E-state index contributed by atoms with van der Waals surface area (Å²) in [5, 5.41) is 3.45. The van der Waals surface area contributed by atoms with Crippen molar-refractivity contribution in [3.63, 3.8) is 0 Å². The van der Waals surface area contributed by atoms with Gasteiger partial charge in [0.05, 0.1) is 12.2 Å². The molecule has 0 saturated carbocycles. The van der Waals surface area contributed by atoms with Gasteiger partial charge in [-0.3, -0.25) is 9.59 Å². The quantitative estimate of drug-likeness (QED) is 0.874. The Hall–Kier alpha value is -2.47. The van der Waals surface area contributed by atoms with Gasteiger partial charge in [-0.15, -0.1) is 11.8 Å². The predicted octanol–water partition coefficient (Wildman–Crippen LogP) is 3.72. The van der Waals surface area contributed by atoms with Crippen molar-refractivity contribution in [2.75, 3.05) is 37.4 Å². The molecule has 1 aliphatic rings. The van der Waals surface area contributed by atoms with E-state index in [-0.39, 0.29) is 18.4 Å². The zero-order chi connectivity index (χ0) is 19.4. The van der Waals surface area contributed by atoms with Crippen LogP contribution in [0.1, 0.15) is 23.7 Å². The maximum absolute atomic E-state index is 12.6. The minimum absolute atomic E-state index is 0.0844. The molecule has 2 amide bonds. The van der Waals surface area contributed by atoms with Gasteiger partial charge in [-0.1, -0.05) is 25.1 Å². The number of carbonyl (C=O) groups is 2. The molecule has 0 aromatic heterocycles. The van der Waals surface area contributed by atoms with Gasteiger partial charge >= 0.3 is 0 Å². The van der Waals surface area contributed by atoms with Gasteiger partial charge in [-0.05, 0) is 36.8 Å². The SMILES string of the molecule is CC1CCN(CC(=O)Nc2cccc(C(=O)N(C)C)c2)c2ccccc2S1. The largest absolute Gasteiger partial charge is 0.361 e. The van der Waals surface area contributed by atoms with Crippen LogP contribution in [0.3, 0.4) is 0 Å². The average Bonchev–Trinajstić information content (AvgIpc) is 2.80. The summed E-state index contributed by atoms with van der Waals surface area (Å²) in [6.07, 6.45) is 1.03. The zero-order valence-electron chi connectivity index (χ0n) is 15.9.